The fraction of sp³-hybridized carbons (Fsp3) is 0.136. The van der Waals surface area contributed by atoms with Crippen LogP contribution in [0.3, 0.4) is 0 Å². The summed E-state index contributed by atoms with van der Waals surface area (Å²) in [6.07, 6.45) is 3.36. The number of nitrogens with zero attached hydrogens (tertiary/aromatic N) is 5. The van der Waals surface area contributed by atoms with Crippen LogP contribution in [-0.4, -0.2) is 30.9 Å². The maximum absolute atomic E-state index is 12.9. The summed E-state index contributed by atoms with van der Waals surface area (Å²) in [5, 5.41) is 12.6. The SMILES string of the molecule is Cc1ccc(CNC(=O)c2nnn(-c3ccc(Cl)cc3)c2CSc2ncccn2)cc1. The molecule has 2 heterocycles. The topological polar surface area (TPSA) is 85.6 Å². The maximum Gasteiger partial charge on any atom is 0.274 e. The van der Waals surface area contributed by atoms with Crippen molar-refractivity contribution in [2.24, 2.45) is 0 Å². The van der Waals surface area contributed by atoms with E-state index < -0.39 is 0 Å². The van der Waals surface area contributed by atoms with Gasteiger partial charge < -0.3 is 5.32 Å². The third kappa shape index (κ3) is 5.28. The largest absolute Gasteiger partial charge is 0.347 e. The lowest BCUT2D eigenvalue weighted by Crippen LogP contribution is -2.24. The van der Waals surface area contributed by atoms with Crippen LogP contribution in [0.15, 0.2) is 72.1 Å². The van der Waals surface area contributed by atoms with E-state index in [0.717, 1.165) is 11.3 Å². The Hall–Kier alpha value is -3.23. The molecule has 9 heteroatoms. The summed E-state index contributed by atoms with van der Waals surface area (Å²) in [4.78, 5) is 21.4. The number of carbonyl (C=O) groups excluding carboxylic acids is 1. The first-order valence-electron chi connectivity index (χ1n) is 9.54. The first kappa shape index (κ1) is 21.0. The summed E-state index contributed by atoms with van der Waals surface area (Å²) >= 11 is 7.42. The summed E-state index contributed by atoms with van der Waals surface area (Å²) in [6.45, 7) is 2.43. The normalized spacial score (nSPS) is 10.8. The van der Waals surface area contributed by atoms with Gasteiger partial charge in [-0.25, -0.2) is 14.6 Å². The Balaban J connectivity index is 1.58. The molecular formula is C22H19ClN6OS. The Morgan fingerprint density at radius 3 is 2.48 bits per heavy atom. The van der Waals surface area contributed by atoms with Crippen LogP contribution in [0.25, 0.3) is 5.69 Å². The Kier molecular flexibility index (Phi) is 6.59. The second-order valence-corrected chi connectivity index (χ2v) is 8.14. The van der Waals surface area contributed by atoms with E-state index in [-0.39, 0.29) is 11.6 Å². The molecular weight excluding hydrogens is 432 g/mol. The molecule has 0 atom stereocenters. The van der Waals surface area contributed by atoms with Crippen molar-refractivity contribution in [1.82, 2.24) is 30.3 Å². The summed E-state index contributed by atoms with van der Waals surface area (Å²) in [5.74, 6) is 0.137. The highest BCUT2D eigenvalue weighted by molar-refractivity contribution is 7.98. The first-order valence-corrected chi connectivity index (χ1v) is 10.9. The van der Waals surface area contributed by atoms with Crippen molar-refractivity contribution in [2.45, 2.75) is 24.4 Å². The predicted octanol–water partition coefficient (Wildman–Crippen LogP) is 4.24. The van der Waals surface area contributed by atoms with Crippen LogP contribution in [0.1, 0.15) is 27.3 Å². The number of hydrogen-bond donors (Lipinski definition) is 1. The molecule has 7 nitrogen and oxygen atoms in total. The average Bonchev–Trinajstić information content (AvgIpc) is 3.22. The highest BCUT2D eigenvalue weighted by Gasteiger charge is 2.21. The van der Waals surface area contributed by atoms with Gasteiger partial charge in [0.25, 0.3) is 5.91 Å². The van der Waals surface area contributed by atoms with E-state index in [4.69, 9.17) is 11.6 Å². The molecule has 0 bridgehead atoms. The Bertz CT molecular complexity index is 1160. The number of carbonyl (C=O) groups is 1. The first-order chi connectivity index (χ1) is 15.1. The van der Waals surface area contributed by atoms with Crippen molar-refractivity contribution in [3.63, 3.8) is 0 Å². The van der Waals surface area contributed by atoms with Crippen LogP contribution in [0.2, 0.25) is 5.02 Å². The smallest absolute Gasteiger partial charge is 0.274 e. The van der Waals surface area contributed by atoms with Gasteiger partial charge >= 0.3 is 0 Å². The molecule has 4 rings (SSSR count). The van der Waals surface area contributed by atoms with E-state index in [1.165, 1.54) is 17.3 Å². The van der Waals surface area contributed by atoms with E-state index in [1.807, 2.05) is 43.3 Å². The summed E-state index contributed by atoms with van der Waals surface area (Å²) in [5.41, 5.74) is 3.87. The van der Waals surface area contributed by atoms with Gasteiger partial charge in [0.05, 0.1) is 11.4 Å². The van der Waals surface area contributed by atoms with Crippen LogP contribution < -0.4 is 5.32 Å². The van der Waals surface area contributed by atoms with Crippen LogP contribution in [0.5, 0.6) is 0 Å². The lowest BCUT2D eigenvalue weighted by atomic mass is 10.1. The quantitative estimate of drug-likeness (QED) is 0.335. The lowest BCUT2D eigenvalue weighted by molar-refractivity contribution is 0.0945. The Morgan fingerprint density at radius 1 is 1.06 bits per heavy atom. The molecule has 0 spiro atoms. The summed E-state index contributed by atoms with van der Waals surface area (Å²) in [7, 11) is 0. The molecule has 0 fully saturated rings. The minimum Gasteiger partial charge on any atom is -0.347 e. The van der Waals surface area contributed by atoms with Crippen LogP contribution in [-0.2, 0) is 12.3 Å². The van der Waals surface area contributed by atoms with Gasteiger partial charge in [0, 0.05) is 29.7 Å². The monoisotopic (exact) mass is 450 g/mol. The third-order valence-corrected chi connectivity index (χ3v) is 5.64. The van der Waals surface area contributed by atoms with Gasteiger partial charge in [-0.3, -0.25) is 4.79 Å². The average molecular weight is 451 g/mol. The fourth-order valence-electron chi connectivity index (χ4n) is 2.86. The van der Waals surface area contributed by atoms with Crippen LogP contribution in [0, 0.1) is 6.92 Å². The molecule has 156 valence electrons. The minimum atomic E-state index is -0.287. The number of halogens is 1. The molecule has 0 radical (unpaired) electrons. The second kappa shape index (κ2) is 9.72. The summed E-state index contributed by atoms with van der Waals surface area (Å²) < 4.78 is 1.65. The van der Waals surface area contributed by atoms with Crippen molar-refractivity contribution in [2.75, 3.05) is 0 Å². The van der Waals surface area contributed by atoms with Crippen molar-refractivity contribution >= 4 is 29.3 Å². The third-order valence-electron chi connectivity index (χ3n) is 4.50. The van der Waals surface area contributed by atoms with Gasteiger partial charge in [-0.2, -0.15) is 0 Å². The maximum atomic E-state index is 12.9. The number of nitrogens with one attached hydrogen (secondary N) is 1. The fourth-order valence-corrected chi connectivity index (χ4v) is 3.78. The molecule has 0 aliphatic rings. The second-order valence-electron chi connectivity index (χ2n) is 6.76. The van der Waals surface area contributed by atoms with Crippen LogP contribution in [0.4, 0.5) is 0 Å². The van der Waals surface area contributed by atoms with Crippen molar-refractivity contribution < 1.29 is 4.79 Å². The molecule has 1 N–H and O–H groups in total. The molecule has 1 amide bonds. The molecule has 0 aliphatic heterocycles. The number of aromatic nitrogens is 5. The summed E-state index contributed by atoms with van der Waals surface area (Å²) in [6, 6.07) is 17.0. The van der Waals surface area contributed by atoms with Gasteiger partial charge in [0.2, 0.25) is 0 Å². The van der Waals surface area contributed by atoms with Crippen molar-refractivity contribution in [3.05, 3.63) is 94.5 Å². The highest BCUT2D eigenvalue weighted by atomic mass is 35.5. The Morgan fingerprint density at radius 2 is 1.77 bits per heavy atom. The number of aryl methyl sites for hydroxylation is 1. The van der Waals surface area contributed by atoms with E-state index in [1.54, 1.807) is 35.3 Å². The molecule has 0 saturated heterocycles. The van der Waals surface area contributed by atoms with Gasteiger partial charge in [-0.05, 0) is 42.8 Å². The molecule has 0 aliphatic carbocycles. The minimum absolute atomic E-state index is 0.269. The van der Waals surface area contributed by atoms with Gasteiger partial charge in [-0.15, -0.1) is 5.10 Å². The Labute approximate surface area is 188 Å². The number of rotatable bonds is 7. The zero-order valence-electron chi connectivity index (χ0n) is 16.7. The molecule has 2 aromatic heterocycles. The predicted molar refractivity (Wildman–Crippen MR) is 120 cm³/mol. The molecule has 0 unspecified atom stereocenters. The lowest BCUT2D eigenvalue weighted by Gasteiger charge is -2.09. The van der Waals surface area contributed by atoms with E-state index in [9.17, 15) is 4.79 Å². The van der Waals surface area contributed by atoms with E-state index in [0.29, 0.717) is 28.2 Å². The zero-order chi connectivity index (χ0) is 21.6. The molecule has 31 heavy (non-hydrogen) atoms. The highest BCUT2D eigenvalue weighted by Crippen LogP contribution is 2.23. The van der Waals surface area contributed by atoms with Gasteiger partial charge in [0.15, 0.2) is 10.9 Å². The van der Waals surface area contributed by atoms with E-state index >= 15 is 0 Å². The zero-order valence-corrected chi connectivity index (χ0v) is 18.3. The number of thioether (sulfide) groups is 1. The number of amides is 1. The van der Waals surface area contributed by atoms with E-state index in [2.05, 4.69) is 25.6 Å². The molecule has 0 saturated carbocycles. The van der Waals surface area contributed by atoms with Crippen molar-refractivity contribution in [1.29, 1.82) is 0 Å². The van der Waals surface area contributed by atoms with Crippen LogP contribution >= 0.6 is 23.4 Å². The standard InChI is InChI=1S/C22H19ClN6OS/c1-15-3-5-16(6-4-15)13-26-21(30)20-19(14-31-22-24-11-2-12-25-22)29(28-27-20)18-9-7-17(23)8-10-18/h2-12H,13-14H2,1H3,(H,26,30). The number of hydrogen-bond acceptors (Lipinski definition) is 6. The van der Waals surface area contributed by atoms with Crippen molar-refractivity contribution in [3.8, 4) is 5.69 Å². The molecule has 2 aromatic carbocycles. The molecule has 4 aromatic rings. The van der Waals surface area contributed by atoms with Gasteiger partial charge in [0.1, 0.15) is 0 Å². The van der Waals surface area contributed by atoms with Gasteiger partial charge in [-0.1, -0.05) is 58.4 Å². The number of benzene rings is 2.